The van der Waals surface area contributed by atoms with E-state index >= 15 is 0 Å². The maximum Gasteiger partial charge on any atom is 0.00532 e. The second-order valence-corrected chi connectivity index (χ2v) is 8.02. The Morgan fingerprint density at radius 2 is 1.50 bits per heavy atom. The number of fused-ring (bicyclic) bond motifs is 2. The van der Waals surface area contributed by atoms with Crippen molar-refractivity contribution in [2.75, 3.05) is 0 Å². The zero-order valence-electron chi connectivity index (χ0n) is 14.2. The van der Waals surface area contributed by atoms with Crippen LogP contribution in [0.5, 0.6) is 0 Å². The van der Waals surface area contributed by atoms with Gasteiger partial charge in [-0.25, -0.2) is 0 Å². The zero-order chi connectivity index (χ0) is 15.5. The van der Waals surface area contributed by atoms with Crippen LogP contribution in [0.1, 0.15) is 68.2 Å². The van der Waals surface area contributed by atoms with Gasteiger partial charge in [0.05, 0.1) is 0 Å². The molecular formula is C22H26. The first-order chi connectivity index (χ1) is 10.5. The maximum absolute atomic E-state index is 2.53. The summed E-state index contributed by atoms with van der Waals surface area (Å²) in [5, 5.41) is 0. The molecule has 3 unspecified atom stereocenters. The first-order valence-electron chi connectivity index (χ1n) is 8.65. The molecule has 0 heterocycles. The molecule has 0 aromatic heterocycles. The highest BCUT2D eigenvalue weighted by Gasteiger charge is 2.57. The van der Waals surface area contributed by atoms with Crippen molar-refractivity contribution in [3.8, 4) is 0 Å². The van der Waals surface area contributed by atoms with Crippen molar-refractivity contribution < 1.29 is 0 Å². The van der Waals surface area contributed by atoms with Gasteiger partial charge in [0.25, 0.3) is 0 Å². The number of benzene rings is 2. The zero-order valence-corrected chi connectivity index (χ0v) is 14.2. The Morgan fingerprint density at radius 3 is 2.27 bits per heavy atom. The van der Waals surface area contributed by atoms with Crippen molar-refractivity contribution in [1.82, 2.24) is 0 Å². The predicted octanol–water partition coefficient (Wildman–Crippen LogP) is 5.82. The summed E-state index contributed by atoms with van der Waals surface area (Å²) in [5.74, 6) is 1.26. The normalized spacial score (nSPS) is 31.8. The number of rotatable bonds is 1. The molecule has 3 atom stereocenters. The Hall–Kier alpha value is -1.56. The summed E-state index contributed by atoms with van der Waals surface area (Å²) >= 11 is 0. The molecule has 0 fully saturated rings. The third-order valence-electron chi connectivity index (χ3n) is 7.24. The standard InChI is InChI=1S/C22H26/c1-15-17-10-7-8-12-19(17)22(4,21(15,2)3)20-14-13-16-9-5-6-11-18(16)20/h5-12,15,20H,13-14H2,1-4H3. The van der Waals surface area contributed by atoms with Gasteiger partial charge in [-0.05, 0) is 52.3 Å². The average Bonchev–Trinajstić information content (AvgIpc) is 3.02. The lowest BCUT2D eigenvalue weighted by Gasteiger charge is -2.46. The van der Waals surface area contributed by atoms with E-state index in [2.05, 4.69) is 76.2 Å². The Labute approximate surface area is 134 Å². The molecule has 0 aliphatic heterocycles. The summed E-state index contributed by atoms with van der Waals surface area (Å²) < 4.78 is 0. The average molecular weight is 290 g/mol. The molecule has 0 nitrogen and oxygen atoms in total. The molecule has 0 saturated carbocycles. The number of hydrogen-bond acceptors (Lipinski definition) is 0. The van der Waals surface area contributed by atoms with Crippen LogP contribution in [0.15, 0.2) is 48.5 Å². The summed E-state index contributed by atoms with van der Waals surface area (Å²) in [7, 11) is 0. The number of aryl methyl sites for hydroxylation is 1. The van der Waals surface area contributed by atoms with Crippen molar-refractivity contribution in [1.29, 1.82) is 0 Å². The Bertz CT molecular complexity index is 724. The summed E-state index contributed by atoms with van der Waals surface area (Å²) in [6.45, 7) is 9.92. The molecule has 114 valence electrons. The van der Waals surface area contributed by atoms with Gasteiger partial charge in [0.1, 0.15) is 0 Å². The molecule has 2 aromatic rings. The van der Waals surface area contributed by atoms with E-state index in [1.807, 2.05) is 0 Å². The van der Waals surface area contributed by atoms with E-state index in [1.54, 1.807) is 22.3 Å². The van der Waals surface area contributed by atoms with Crippen LogP contribution >= 0.6 is 0 Å². The van der Waals surface area contributed by atoms with Gasteiger partial charge >= 0.3 is 0 Å². The van der Waals surface area contributed by atoms with Crippen molar-refractivity contribution in [3.05, 3.63) is 70.8 Å². The number of hydrogen-bond donors (Lipinski definition) is 0. The molecule has 0 amide bonds. The van der Waals surface area contributed by atoms with Crippen molar-refractivity contribution in [3.63, 3.8) is 0 Å². The van der Waals surface area contributed by atoms with Crippen LogP contribution in [0.3, 0.4) is 0 Å². The van der Waals surface area contributed by atoms with E-state index < -0.39 is 0 Å². The van der Waals surface area contributed by atoms with Crippen molar-refractivity contribution >= 4 is 0 Å². The van der Waals surface area contributed by atoms with Crippen LogP contribution in [0.2, 0.25) is 0 Å². The Balaban J connectivity index is 1.94. The molecule has 0 saturated heterocycles. The lowest BCUT2D eigenvalue weighted by Crippen LogP contribution is -2.41. The molecule has 4 rings (SSSR count). The highest BCUT2D eigenvalue weighted by molar-refractivity contribution is 5.51. The van der Waals surface area contributed by atoms with Crippen LogP contribution in [-0.2, 0) is 11.8 Å². The Kier molecular flexibility index (Phi) is 2.86. The van der Waals surface area contributed by atoms with Crippen LogP contribution in [0.4, 0.5) is 0 Å². The van der Waals surface area contributed by atoms with Gasteiger partial charge in [-0.2, -0.15) is 0 Å². The largest absolute Gasteiger partial charge is 0.0620 e. The first-order valence-corrected chi connectivity index (χ1v) is 8.65. The van der Waals surface area contributed by atoms with Crippen molar-refractivity contribution in [2.45, 2.75) is 57.8 Å². The van der Waals surface area contributed by atoms with Gasteiger partial charge in [0.2, 0.25) is 0 Å². The summed E-state index contributed by atoms with van der Waals surface area (Å²) in [6, 6.07) is 18.3. The van der Waals surface area contributed by atoms with Crippen LogP contribution in [0.25, 0.3) is 0 Å². The maximum atomic E-state index is 2.53. The molecule has 22 heavy (non-hydrogen) atoms. The fourth-order valence-electron chi connectivity index (χ4n) is 5.33. The lowest BCUT2D eigenvalue weighted by molar-refractivity contribution is 0.139. The van der Waals surface area contributed by atoms with Gasteiger partial charge in [0.15, 0.2) is 0 Å². The van der Waals surface area contributed by atoms with E-state index in [1.165, 1.54) is 12.8 Å². The minimum absolute atomic E-state index is 0.218. The fraction of sp³-hybridized carbons (Fsp3) is 0.455. The van der Waals surface area contributed by atoms with Gasteiger partial charge in [-0.15, -0.1) is 0 Å². The molecule has 2 aliphatic rings. The van der Waals surface area contributed by atoms with Gasteiger partial charge in [-0.3, -0.25) is 0 Å². The fourth-order valence-corrected chi connectivity index (χ4v) is 5.33. The second kappa shape index (κ2) is 4.47. The minimum Gasteiger partial charge on any atom is -0.0620 e. The lowest BCUT2D eigenvalue weighted by atomic mass is 9.57. The first kappa shape index (κ1) is 14.1. The molecule has 0 heteroatoms. The van der Waals surface area contributed by atoms with Crippen LogP contribution in [0, 0.1) is 5.41 Å². The topological polar surface area (TPSA) is 0 Å². The molecule has 2 aliphatic carbocycles. The Morgan fingerprint density at radius 1 is 0.864 bits per heavy atom. The summed E-state index contributed by atoms with van der Waals surface area (Å²) in [5.41, 5.74) is 6.83. The molecule has 0 bridgehead atoms. The highest BCUT2D eigenvalue weighted by atomic mass is 14.6. The molecular weight excluding hydrogens is 264 g/mol. The van der Waals surface area contributed by atoms with E-state index in [-0.39, 0.29) is 10.8 Å². The van der Waals surface area contributed by atoms with E-state index in [0.717, 1.165) is 0 Å². The monoisotopic (exact) mass is 290 g/mol. The summed E-state index contributed by atoms with van der Waals surface area (Å²) in [6.07, 6.45) is 2.53. The van der Waals surface area contributed by atoms with E-state index in [9.17, 15) is 0 Å². The van der Waals surface area contributed by atoms with Crippen LogP contribution < -0.4 is 0 Å². The van der Waals surface area contributed by atoms with E-state index in [0.29, 0.717) is 11.8 Å². The highest BCUT2D eigenvalue weighted by Crippen LogP contribution is 2.65. The summed E-state index contributed by atoms with van der Waals surface area (Å²) in [4.78, 5) is 0. The third kappa shape index (κ3) is 1.54. The van der Waals surface area contributed by atoms with E-state index in [4.69, 9.17) is 0 Å². The van der Waals surface area contributed by atoms with Crippen LogP contribution in [-0.4, -0.2) is 0 Å². The van der Waals surface area contributed by atoms with Gasteiger partial charge in [0, 0.05) is 5.41 Å². The molecule has 0 N–H and O–H groups in total. The minimum atomic E-state index is 0.218. The SMILES string of the molecule is CC1c2ccccc2C(C)(C2CCc3ccccc32)C1(C)C. The smallest absolute Gasteiger partial charge is 0.00532 e. The molecule has 0 radical (unpaired) electrons. The van der Waals surface area contributed by atoms with Gasteiger partial charge < -0.3 is 0 Å². The van der Waals surface area contributed by atoms with Gasteiger partial charge in [-0.1, -0.05) is 76.2 Å². The molecule has 0 spiro atoms. The van der Waals surface area contributed by atoms with Crippen molar-refractivity contribution in [2.24, 2.45) is 5.41 Å². The second-order valence-electron chi connectivity index (χ2n) is 8.02. The third-order valence-corrected chi connectivity index (χ3v) is 7.24. The molecule has 2 aromatic carbocycles. The quantitative estimate of drug-likeness (QED) is 0.621. The predicted molar refractivity (Wildman–Crippen MR) is 93.5 cm³/mol.